The maximum absolute atomic E-state index is 9.32. The van der Waals surface area contributed by atoms with Gasteiger partial charge in [0.15, 0.2) is 0 Å². The quantitative estimate of drug-likeness (QED) is 0.402. The standard InChI is InChI=1S/H3N.Ni.H4O7P2/c;;1-8(2,3)7-9(4,5)6/h1H3;;(H2,1,2,3)(H2,4,5,6)/q;+3;/p-3. The van der Waals surface area contributed by atoms with Crippen molar-refractivity contribution in [1.82, 2.24) is 6.15 Å². The molecule has 0 spiro atoms. The molecule has 0 bridgehead atoms. The third kappa shape index (κ3) is 18.0. The summed E-state index contributed by atoms with van der Waals surface area (Å²) in [5.74, 6) is 0. The maximum Gasteiger partial charge on any atom is 3.00 e. The molecular formula is H4NNiO7P2. The van der Waals surface area contributed by atoms with E-state index in [4.69, 9.17) is 0 Å². The molecule has 0 aromatic heterocycles. The van der Waals surface area contributed by atoms with Crippen LogP contribution in [0.25, 0.3) is 0 Å². The molecular weight excluding hydrogens is 247 g/mol. The van der Waals surface area contributed by atoms with E-state index in [0.717, 1.165) is 0 Å². The summed E-state index contributed by atoms with van der Waals surface area (Å²) < 4.78 is 21.2. The molecule has 0 aromatic rings. The van der Waals surface area contributed by atoms with E-state index >= 15 is 0 Å². The summed E-state index contributed by atoms with van der Waals surface area (Å²) in [6, 6.07) is 0. The van der Waals surface area contributed by atoms with Crippen LogP contribution in [-0.4, -0.2) is 0 Å². The summed E-state index contributed by atoms with van der Waals surface area (Å²) in [6.07, 6.45) is 0. The Morgan fingerprint density at radius 2 is 1.09 bits per heavy atom. The molecule has 0 aliphatic heterocycles. The Kier molecular flexibility index (Phi) is 8.65. The normalized spacial score (nSPS) is 11.3. The first-order valence-electron chi connectivity index (χ1n) is 1.46. The van der Waals surface area contributed by atoms with Gasteiger partial charge < -0.3 is 39.2 Å². The van der Waals surface area contributed by atoms with Gasteiger partial charge in [0.1, 0.15) is 0 Å². The molecule has 71 valence electrons. The first-order valence-corrected chi connectivity index (χ1v) is 4.38. The van der Waals surface area contributed by atoms with Crippen LogP contribution in [0.4, 0.5) is 0 Å². The van der Waals surface area contributed by atoms with E-state index in [0.29, 0.717) is 0 Å². The molecule has 0 heterocycles. The molecule has 0 saturated carbocycles. The fourth-order valence-corrected chi connectivity index (χ4v) is 1.10. The van der Waals surface area contributed by atoms with E-state index in [9.17, 15) is 28.7 Å². The van der Waals surface area contributed by atoms with E-state index in [1.54, 1.807) is 0 Å². The van der Waals surface area contributed by atoms with Crippen molar-refractivity contribution >= 4 is 15.6 Å². The summed E-state index contributed by atoms with van der Waals surface area (Å²) >= 11 is 0. The second-order valence-electron chi connectivity index (χ2n) is 0.976. The predicted molar refractivity (Wildman–Crippen MR) is 22.3 cm³/mol. The minimum Gasteiger partial charge on any atom is -0.790 e. The molecule has 0 rings (SSSR count). The van der Waals surface area contributed by atoms with Crippen LogP contribution in [0, 0.1) is 0 Å². The van der Waals surface area contributed by atoms with Gasteiger partial charge in [-0.2, -0.15) is 0 Å². The molecule has 4 N–H and O–H groups in total. The fraction of sp³-hybridized carbons (Fsp3) is 0. The van der Waals surface area contributed by atoms with Crippen LogP contribution in [0.15, 0.2) is 0 Å². The van der Waals surface area contributed by atoms with Crippen molar-refractivity contribution in [2.24, 2.45) is 0 Å². The van der Waals surface area contributed by atoms with Gasteiger partial charge in [-0.1, -0.05) is 0 Å². The Morgan fingerprint density at radius 3 is 1.09 bits per heavy atom. The average Bonchev–Trinajstić information content (AvgIpc) is 1.14. The van der Waals surface area contributed by atoms with Gasteiger partial charge >= 0.3 is 16.5 Å². The van der Waals surface area contributed by atoms with E-state index in [1.807, 2.05) is 0 Å². The molecule has 11 heavy (non-hydrogen) atoms. The van der Waals surface area contributed by atoms with Crippen molar-refractivity contribution < 1.29 is 49.5 Å². The number of rotatable bonds is 2. The van der Waals surface area contributed by atoms with Gasteiger partial charge in [0.05, 0.1) is 15.6 Å². The second-order valence-corrected chi connectivity index (χ2v) is 3.42. The molecule has 0 aliphatic carbocycles. The number of hydrogen-bond donors (Lipinski definition) is 1. The molecule has 0 saturated heterocycles. The van der Waals surface area contributed by atoms with Gasteiger partial charge in [0, 0.05) is 0 Å². The largest absolute Gasteiger partial charge is 3.00 e. The summed E-state index contributed by atoms with van der Waals surface area (Å²) in [5.41, 5.74) is 0. The van der Waals surface area contributed by atoms with Crippen molar-refractivity contribution in [2.75, 3.05) is 0 Å². The molecule has 8 nitrogen and oxygen atoms in total. The molecule has 0 unspecified atom stereocenters. The van der Waals surface area contributed by atoms with Crippen LogP contribution in [0.1, 0.15) is 0 Å². The van der Waals surface area contributed by atoms with Gasteiger partial charge in [0.25, 0.3) is 0 Å². The third-order valence-electron chi connectivity index (χ3n) is 0.200. The van der Waals surface area contributed by atoms with E-state index in [1.165, 1.54) is 0 Å². The maximum atomic E-state index is 9.32. The zero-order valence-corrected chi connectivity index (χ0v) is 7.84. The number of phosphoric acid groups is 2. The van der Waals surface area contributed by atoms with Crippen molar-refractivity contribution in [3.8, 4) is 0 Å². The van der Waals surface area contributed by atoms with Crippen LogP contribution in [0.5, 0.6) is 0 Å². The van der Waals surface area contributed by atoms with Gasteiger partial charge in [-0.15, -0.1) is 0 Å². The first-order chi connectivity index (χ1) is 3.71. The zero-order valence-electron chi connectivity index (χ0n) is 5.07. The van der Waals surface area contributed by atoms with Crippen molar-refractivity contribution in [1.29, 1.82) is 0 Å². The minimum atomic E-state index is -5.68. The van der Waals surface area contributed by atoms with Gasteiger partial charge in [-0.3, -0.25) is 0 Å². The number of hydrogen-bond acceptors (Lipinski definition) is 7. The van der Waals surface area contributed by atoms with Crippen LogP contribution in [0.2, 0.25) is 0 Å². The van der Waals surface area contributed by atoms with Crippen LogP contribution in [0.3, 0.4) is 0 Å². The monoisotopic (exact) mass is 250 g/mol. The SMILES string of the molecule is O=P([O-])([O-])OP(=O)([O-])[O-].[NH4+].[Ni+3]. The van der Waals surface area contributed by atoms with Crippen molar-refractivity contribution in [3.05, 3.63) is 0 Å². The first kappa shape index (κ1) is 17.7. The van der Waals surface area contributed by atoms with Crippen molar-refractivity contribution in [2.45, 2.75) is 0 Å². The van der Waals surface area contributed by atoms with E-state index < -0.39 is 15.6 Å². The fourth-order valence-electron chi connectivity index (χ4n) is 0.122. The number of quaternary nitrogens is 1. The Morgan fingerprint density at radius 1 is 0.909 bits per heavy atom. The van der Waals surface area contributed by atoms with Crippen molar-refractivity contribution in [3.63, 3.8) is 0 Å². The average molecular weight is 251 g/mol. The Bertz CT molecular complexity index is 157. The van der Waals surface area contributed by atoms with E-state index in [-0.39, 0.29) is 22.6 Å². The van der Waals surface area contributed by atoms with E-state index in [2.05, 4.69) is 4.31 Å². The summed E-state index contributed by atoms with van der Waals surface area (Å²) in [6.45, 7) is 0. The van der Waals surface area contributed by atoms with Gasteiger partial charge in [-0.25, -0.2) is 0 Å². The summed E-state index contributed by atoms with van der Waals surface area (Å²) in [4.78, 5) is 37.3. The molecule has 0 aliphatic rings. The Balaban J connectivity index is -0.000000320. The summed E-state index contributed by atoms with van der Waals surface area (Å²) in [5, 5.41) is 0. The molecule has 11 heteroatoms. The Hall–Kier alpha value is 0.714. The third-order valence-corrected chi connectivity index (χ3v) is 1.80. The second kappa shape index (κ2) is 5.38. The molecule has 0 atom stereocenters. The smallest absolute Gasteiger partial charge is 0.790 e. The minimum absolute atomic E-state index is 0. The van der Waals surface area contributed by atoms with Gasteiger partial charge in [-0.05, 0) is 0 Å². The molecule has 0 amide bonds. The van der Waals surface area contributed by atoms with Crippen LogP contribution in [-0.2, 0) is 29.9 Å². The van der Waals surface area contributed by atoms with Gasteiger partial charge in [0.2, 0.25) is 0 Å². The Labute approximate surface area is 71.9 Å². The topological polar surface area (TPSA) is 172 Å². The summed E-state index contributed by atoms with van der Waals surface area (Å²) in [7, 11) is -11.4. The molecule has 0 fully saturated rings. The molecule has 0 aromatic carbocycles. The van der Waals surface area contributed by atoms with Crippen LogP contribution < -0.4 is 25.7 Å². The van der Waals surface area contributed by atoms with Crippen LogP contribution >= 0.6 is 15.6 Å². The molecule has 1 radical (unpaired) electrons. The zero-order chi connectivity index (χ0) is 7.71. The predicted octanol–water partition coefficient (Wildman–Crippen LogP) is -2.97.